The Kier molecular flexibility index (Phi) is 25.8. The molecule has 1 unspecified atom stereocenters. The van der Waals surface area contributed by atoms with Gasteiger partial charge in [-0.05, 0) is 6.42 Å². The average Bonchev–Trinajstić information content (AvgIpc) is 2.43. The van der Waals surface area contributed by atoms with Gasteiger partial charge in [0.25, 0.3) is 0 Å². The molecule has 0 aromatic carbocycles. The fourth-order valence-electron chi connectivity index (χ4n) is 2.42. The predicted molar refractivity (Wildman–Crippen MR) is 85.2 cm³/mol. The summed E-state index contributed by atoms with van der Waals surface area (Å²) in [5.41, 5.74) is 0. The first-order chi connectivity index (χ1) is 9.77. The van der Waals surface area contributed by atoms with Crippen LogP contribution in [0.25, 0.3) is 0 Å². The van der Waals surface area contributed by atoms with Gasteiger partial charge in [-0.15, -0.1) is 0 Å². The first-order valence-electron chi connectivity index (χ1n) is 8.50. The van der Waals surface area contributed by atoms with Crippen molar-refractivity contribution in [1.82, 2.24) is 0 Å². The zero-order chi connectivity index (χ0) is 14.9. The molecule has 0 fully saturated rings. The van der Waals surface area contributed by atoms with Crippen molar-refractivity contribution < 1.29 is 64.3 Å². The Labute approximate surface area is 177 Å². The van der Waals surface area contributed by atoms with Crippen molar-refractivity contribution in [2.24, 2.45) is 0 Å². The predicted octanol–water partition coefficient (Wildman–Crippen LogP) is 2.28. The number of unbranched alkanes of at least 4 members (excludes halogenated alkanes) is 13. The third-order valence-corrected chi connectivity index (χ3v) is 4.04. The summed E-state index contributed by atoms with van der Waals surface area (Å²) in [6.45, 7) is 2.60. The summed E-state index contributed by atoms with van der Waals surface area (Å²) in [5, 5.41) is 0. The molecule has 0 heterocycles. The Balaban J connectivity index is 0. The third kappa shape index (κ3) is 24.1. The number of hydrogen-bond donors (Lipinski definition) is 0. The molecule has 1 atom stereocenters. The van der Waals surface area contributed by atoms with Crippen LogP contribution in [0.1, 0.15) is 96.8 Å². The van der Waals surface area contributed by atoms with E-state index in [1.807, 2.05) is 0 Å². The molecule has 0 saturated carbocycles. The van der Waals surface area contributed by atoms with Crippen LogP contribution in [0.15, 0.2) is 0 Å². The fraction of sp³-hybridized carbons (Fsp3) is 1.00. The van der Waals surface area contributed by atoms with E-state index in [4.69, 9.17) is 0 Å². The first-order valence-corrected chi connectivity index (χ1v) is 9.50. The molecule has 0 aliphatic carbocycles. The van der Waals surface area contributed by atoms with Crippen LogP contribution in [-0.2, 0) is 15.5 Å². The van der Waals surface area contributed by atoms with Crippen molar-refractivity contribution in [1.29, 1.82) is 0 Å². The summed E-state index contributed by atoms with van der Waals surface area (Å²) >= 11 is -2.33. The summed E-state index contributed by atoms with van der Waals surface area (Å²) in [6.07, 6.45) is 18.3. The smallest absolute Gasteiger partial charge is 0.750 e. The van der Waals surface area contributed by atoms with Crippen LogP contribution in [0, 0.1) is 0 Å². The van der Waals surface area contributed by atoms with Crippen molar-refractivity contribution in [3.8, 4) is 0 Å². The van der Waals surface area contributed by atoms with Crippen molar-refractivity contribution in [2.75, 3.05) is 6.61 Å². The molecule has 21 heavy (non-hydrogen) atoms. The minimum Gasteiger partial charge on any atom is -0.750 e. The number of hydrogen-bond acceptors (Lipinski definition) is 3. The van der Waals surface area contributed by atoms with Crippen molar-refractivity contribution >= 4 is 11.4 Å². The molecular weight excluding hydrogens is 311 g/mol. The average molecular weight is 345 g/mol. The SMILES string of the molecule is CCCCCCCCCCCCCCCCOS(=O)[O-].[K+]. The Morgan fingerprint density at radius 2 is 1.05 bits per heavy atom. The quantitative estimate of drug-likeness (QED) is 0.245. The monoisotopic (exact) mass is 344 g/mol. The van der Waals surface area contributed by atoms with E-state index in [0.29, 0.717) is 6.61 Å². The zero-order valence-electron chi connectivity index (χ0n) is 14.2. The van der Waals surface area contributed by atoms with Crippen molar-refractivity contribution in [2.45, 2.75) is 96.8 Å². The minimum atomic E-state index is -2.33. The molecule has 3 nitrogen and oxygen atoms in total. The minimum absolute atomic E-state index is 0. The van der Waals surface area contributed by atoms with Gasteiger partial charge in [-0.1, -0.05) is 90.4 Å². The summed E-state index contributed by atoms with van der Waals surface area (Å²) in [7, 11) is 0. The van der Waals surface area contributed by atoms with Gasteiger partial charge in [0.1, 0.15) is 0 Å². The second kappa shape index (κ2) is 21.7. The molecule has 0 saturated heterocycles. The van der Waals surface area contributed by atoms with Gasteiger partial charge in [-0.3, -0.25) is 0 Å². The molecule has 0 amide bonds. The van der Waals surface area contributed by atoms with Crippen LogP contribution in [-0.4, -0.2) is 15.4 Å². The van der Waals surface area contributed by atoms with Gasteiger partial charge in [0.2, 0.25) is 0 Å². The summed E-state index contributed by atoms with van der Waals surface area (Å²) in [4.78, 5) is 0. The second-order valence-electron chi connectivity index (χ2n) is 5.62. The molecule has 0 aliphatic rings. The fourth-order valence-corrected chi connectivity index (χ4v) is 2.68. The maximum atomic E-state index is 10.1. The Hall–Kier alpha value is 1.71. The first kappa shape index (κ1) is 25.0. The zero-order valence-corrected chi connectivity index (χ0v) is 18.2. The van der Waals surface area contributed by atoms with Gasteiger partial charge in [-0.25, -0.2) is 4.21 Å². The van der Waals surface area contributed by atoms with E-state index < -0.39 is 11.4 Å². The van der Waals surface area contributed by atoms with Gasteiger partial charge in [0.05, 0.1) is 18.0 Å². The van der Waals surface area contributed by atoms with Crippen LogP contribution in [0.2, 0.25) is 0 Å². The second-order valence-corrected chi connectivity index (χ2v) is 6.27. The van der Waals surface area contributed by atoms with E-state index in [0.717, 1.165) is 12.8 Å². The standard InChI is InChI=1S/C16H34O3S.K/c1-2-3-4-5-6-7-8-9-10-11-12-13-14-15-16-19-20(17)18;/h2-16H2,1H3,(H,17,18);/q;+1/p-1. The molecule has 0 aromatic rings. The summed E-state index contributed by atoms with van der Waals surface area (Å²) in [5.74, 6) is 0. The van der Waals surface area contributed by atoms with Crippen LogP contribution in [0.4, 0.5) is 0 Å². The Morgan fingerprint density at radius 3 is 1.38 bits per heavy atom. The molecule has 0 bridgehead atoms. The van der Waals surface area contributed by atoms with Crippen molar-refractivity contribution in [3.63, 3.8) is 0 Å². The van der Waals surface area contributed by atoms with E-state index in [9.17, 15) is 8.76 Å². The van der Waals surface area contributed by atoms with Gasteiger partial charge in [0, 0.05) is 0 Å². The van der Waals surface area contributed by atoms with Gasteiger partial charge < -0.3 is 8.74 Å². The van der Waals surface area contributed by atoms with Crippen LogP contribution in [0.3, 0.4) is 0 Å². The number of rotatable bonds is 16. The third-order valence-electron chi connectivity index (χ3n) is 3.68. The maximum Gasteiger partial charge on any atom is 1.00 e. The normalized spacial score (nSPS) is 12.1. The van der Waals surface area contributed by atoms with Crippen molar-refractivity contribution in [3.05, 3.63) is 0 Å². The maximum absolute atomic E-state index is 10.1. The van der Waals surface area contributed by atoms with Gasteiger partial charge >= 0.3 is 51.4 Å². The Morgan fingerprint density at radius 1 is 0.714 bits per heavy atom. The van der Waals surface area contributed by atoms with Crippen LogP contribution in [0.5, 0.6) is 0 Å². The largest absolute Gasteiger partial charge is 1.00 e. The topological polar surface area (TPSA) is 49.4 Å². The van der Waals surface area contributed by atoms with E-state index in [1.165, 1.54) is 77.0 Å². The molecule has 0 radical (unpaired) electrons. The van der Waals surface area contributed by atoms with E-state index >= 15 is 0 Å². The molecule has 0 rings (SSSR count). The molecular formula is C16H33KO3S. The van der Waals surface area contributed by atoms with Gasteiger partial charge in [0.15, 0.2) is 0 Å². The molecule has 0 spiro atoms. The van der Waals surface area contributed by atoms with E-state index in [-0.39, 0.29) is 51.4 Å². The molecule has 0 aliphatic heterocycles. The van der Waals surface area contributed by atoms with E-state index in [2.05, 4.69) is 11.1 Å². The molecule has 5 heteroatoms. The molecule has 0 aromatic heterocycles. The summed E-state index contributed by atoms with van der Waals surface area (Å²) in [6, 6.07) is 0. The van der Waals surface area contributed by atoms with Gasteiger partial charge in [-0.2, -0.15) is 0 Å². The van der Waals surface area contributed by atoms with Crippen LogP contribution < -0.4 is 51.4 Å². The summed E-state index contributed by atoms with van der Waals surface area (Å²) < 4.78 is 24.7. The Bertz CT molecular complexity index is 216. The van der Waals surface area contributed by atoms with Crippen LogP contribution >= 0.6 is 0 Å². The van der Waals surface area contributed by atoms with E-state index in [1.54, 1.807) is 0 Å². The molecule has 0 N–H and O–H groups in total. The molecule has 122 valence electrons.